The molecular weight excluding hydrogens is 495 g/mol. The molecule has 186 valence electrons. The van der Waals surface area contributed by atoms with Gasteiger partial charge in [0.25, 0.3) is 0 Å². The molecule has 36 heavy (non-hydrogen) atoms. The van der Waals surface area contributed by atoms with E-state index >= 15 is 0 Å². The summed E-state index contributed by atoms with van der Waals surface area (Å²) in [5.41, 5.74) is 0.541. The maximum absolute atomic E-state index is 13.4. The quantitative estimate of drug-likeness (QED) is 0.453. The first-order valence-electron chi connectivity index (χ1n) is 11.2. The second-order valence-electron chi connectivity index (χ2n) is 8.88. The molecule has 0 unspecified atom stereocenters. The molecule has 0 atom stereocenters. The van der Waals surface area contributed by atoms with E-state index in [2.05, 4.69) is 19.7 Å². The Morgan fingerprint density at radius 3 is 2.50 bits per heavy atom. The molecule has 0 saturated heterocycles. The highest BCUT2D eigenvalue weighted by Crippen LogP contribution is 2.47. The molecule has 5 rings (SSSR count). The zero-order chi connectivity index (χ0) is 25.7. The van der Waals surface area contributed by atoms with Crippen molar-refractivity contribution < 1.29 is 26.3 Å². The third-order valence-electron chi connectivity index (χ3n) is 5.88. The minimum absolute atomic E-state index is 0.0519. The predicted octanol–water partition coefficient (Wildman–Crippen LogP) is 5.31. The van der Waals surface area contributed by atoms with Gasteiger partial charge < -0.3 is 4.74 Å². The van der Waals surface area contributed by atoms with E-state index in [0.717, 1.165) is 6.07 Å². The van der Waals surface area contributed by atoms with Crippen LogP contribution in [0.25, 0.3) is 11.3 Å². The molecule has 1 N–H and O–H groups in total. The summed E-state index contributed by atoms with van der Waals surface area (Å²) in [6.07, 6.45) is 0.681. The molecule has 0 radical (unpaired) electrons. The van der Waals surface area contributed by atoms with Crippen molar-refractivity contribution in [3.8, 4) is 29.0 Å². The zero-order valence-electron chi connectivity index (χ0n) is 19.0. The largest absolute Gasteiger partial charge is 0.435 e. The number of nitrogens with one attached hydrogen (secondary N) is 1. The van der Waals surface area contributed by atoms with Crippen LogP contribution in [0.2, 0.25) is 0 Å². The second-order valence-corrected chi connectivity index (χ2v) is 10.8. The van der Waals surface area contributed by atoms with Crippen LogP contribution in [-0.2, 0) is 16.2 Å². The fourth-order valence-electron chi connectivity index (χ4n) is 3.71. The zero-order valence-corrected chi connectivity index (χ0v) is 19.8. The lowest BCUT2D eigenvalue weighted by Crippen LogP contribution is -2.18. The van der Waals surface area contributed by atoms with Gasteiger partial charge in [-0.1, -0.05) is 0 Å². The van der Waals surface area contributed by atoms with Crippen molar-refractivity contribution in [3.63, 3.8) is 0 Å². The number of anilines is 1. The average Bonchev–Trinajstić information content (AvgIpc) is 3.73. The Morgan fingerprint density at radius 1 is 1.11 bits per heavy atom. The van der Waals surface area contributed by atoms with E-state index in [9.17, 15) is 26.9 Å². The van der Waals surface area contributed by atoms with E-state index in [-0.39, 0.29) is 34.5 Å². The highest BCUT2D eigenvalue weighted by molar-refractivity contribution is 7.93. The maximum Gasteiger partial charge on any atom is 0.433 e. The fraction of sp³-hybridized carbons (Fsp3) is 0.333. The summed E-state index contributed by atoms with van der Waals surface area (Å²) < 4.78 is 74.0. The summed E-state index contributed by atoms with van der Waals surface area (Å²) >= 11 is 0. The van der Waals surface area contributed by atoms with Crippen molar-refractivity contribution in [2.75, 3.05) is 4.72 Å². The summed E-state index contributed by atoms with van der Waals surface area (Å²) in [5.74, 6) is -0.205. The van der Waals surface area contributed by atoms with Gasteiger partial charge in [-0.3, -0.25) is 9.71 Å². The molecule has 3 aromatic rings. The number of alkyl halides is 3. The summed E-state index contributed by atoms with van der Waals surface area (Å²) in [7, 11) is -3.68. The van der Waals surface area contributed by atoms with Gasteiger partial charge in [-0.05, 0) is 62.4 Å². The molecule has 3 aromatic heterocycles. The fourth-order valence-corrected chi connectivity index (χ4v) is 5.09. The number of hydrogen-bond donors (Lipinski definition) is 1. The van der Waals surface area contributed by atoms with Crippen molar-refractivity contribution in [1.82, 2.24) is 15.0 Å². The number of pyridine rings is 3. The van der Waals surface area contributed by atoms with Gasteiger partial charge in [0.15, 0.2) is 5.75 Å². The van der Waals surface area contributed by atoms with Crippen LogP contribution in [0.3, 0.4) is 0 Å². The van der Waals surface area contributed by atoms with Gasteiger partial charge in [0.05, 0.1) is 22.2 Å². The Morgan fingerprint density at radius 2 is 1.86 bits per heavy atom. The van der Waals surface area contributed by atoms with E-state index in [0.29, 0.717) is 42.5 Å². The first kappa shape index (κ1) is 24.0. The van der Waals surface area contributed by atoms with Crippen molar-refractivity contribution in [1.29, 1.82) is 5.26 Å². The summed E-state index contributed by atoms with van der Waals surface area (Å²) in [6.45, 7) is 1.48. The minimum Gasteiger partial charge on any atom is -0.435 e. The Bertz CT molecular complexity index is 1490. The van der Waals surface area contributed by atoms with E-state index < -0.39 is 27.1 Å². The third-order valence-corrected chi connectivity index (χ3v) is 7.73. The Hall–Kier alpha value is -3.72. The van der Waals surface area contributed by atoms with Gasteiger partial charge in [0.2, 0.25) is 15.9 Å². The highest BCUT2D eigenvalue weighted by Gasteiger charge is 2.38. The summed E-state index contributed by atoms with van der Waals surface area (Å²) in [5, 5.41) is 8.67. The van der Waals surface area contributed by atoms with E-state index in [1.165, 1.54) is 25.4 Å². The SMILES string of the molecule is Cc1cc(C(F)(F)F)nc(C2CC2)c1Oc1nc(-c2cncc(C#N)c2)ccc1NS(=O)(=O)C1CC1. The van der Waals surface area contributed by atoms with Crippen LogP contribution in [0.1, 0.15) is 54.1 Å². The van der Waals surface area contributed by atoms with Crippen molar-refractivity contribution in [2.24, 2.45) is 0 Å². The monoisotopic (exact) mass is 515 g/mol. The van der Waals surface area contributed by atoms with Crippen LogP contribution < -0.4 is 9.46 Å². The number of nitrogens with zero attached hydrogens (tertiary/aromatic N) is 4. The standard InChI is InChI=1S/C24H20F3N5O3S/c1-13-8-20(24(25,26)27)31-21(15-2-3-15)22(13)35-23-19(32-36(33,34)17-4-5-17)7-6-18(30-23)16-9-14(10-28)11-29-12-16/h6-9,11-12,15,17,32H,2-5H2,1H3. The number of rotatable bonds is 7. The van der Waals surface area contributed by atoms with Crippen LogP contribution in [0.4, 0.5) is 18.9 Å². The number of hydrogen-bond acceptors (Lipinski definition) is 7. The van der Waals surface area contributed by atoms with E-state index in [1.807, 2.05) is 6.07 Å². The van der Waals surface area contributed by atoms with Crippen molar-refractivity contribution in [3.05, 3.63) is 59.2 Å². The number of sulfonamides is 1. The number of nitriles is 1. The number of aromatic nitrogens is 3. The van der Waals surface area contributed by atoms with Crippen LogP contribution in [0, 0.1) is 18.3 Å². The molecular formula is C24H20F3N5O3S. The topological polar surface area (TPSA) is 118 Å². The van der Waals surface area contributed by atoms with E-state index in [4.69, 9.17) is 4.74 Å². The Labute approximate surface area is 205 Å². The van der Waals surface area contributed by atoms with Crippen molar-refractivity contribution >= 4 is 15.7 Å². The number of aryl methyl sites for hydroxylation is 1. The molecule has 2 aliphatic carbocycles. The molecule has 2 fully saturated rings. The molecule has 0 aliphatic heterocycles. The van der Waals surface area contributed by atoms with Gasteiger partial charge >= 0.3 is 6.18 Å². The first-order chi connectivity index (χ1) is 17.0. The maximum atomic E-state index is 13.4. The van der Waals surface area contributed by atoms with E-state index in [1.54, 1.807) is 12.1 Å². The van der Waals surface area contributed by atoms with Crippen molar-refractivity contribution in [2.45, 2.75) is 50.0 Å². The first-order valence-corrected chi connectivity index (χ1v) is 12.7. The molecule has 0 bridgehead atoms. The number of halogens is 3. The molecule has 3 heterocycles. The average molecular weight is 516 g/mol. The molecule has 2 aliphatic rings. The molecule has 0 aromatic carbocycles. The summed E-state index contributed by atoms with van der Waals surface area (Å²) in [4.78, 5) is 12.3. The lowest BCUT2D eigenvalue weighted by atomic mass is 10.1. The molecule has 0 spiro atoms. The van der Waals surface area contributed by atoms with Gasteiger partial charge in [-0.15, -0.1) is 0 Å². The van der Waals surface area contributed by atoms with Gasteiger partial charge in [0.1, 0.15) is 17.5 Å². The lowest BCUT2D eigenvalue weighted by Gasteiger charge is -2.18. The predicted molar refractivity (Wildman–Crippen MR) is 124 cm³/mol. The molecule has 2 saturated carbocycles. The van der Waals surface area contributed by atoms with Gasteiger partial charge in [-0.2, -0.15) is 18.4 Å². The summed E-state index contributed by atoms with van der Waals surface area (Å²) in [6, 6.07) is 7.48. The highest BCUT2D eigenvalue weighted by atomic mass is 32.2. The minimum atomic E-state index is -4.62. The molecule has 0 amide bonds. The molecule has 12 heteroatoms. The second kappa shape index (κ2) is 8.74. The van der Waals surface area contributed by atoms with Gasteiger partial charge in [-0.25, -0.2) is 18.4 Å². The van der Waals surface area contributed by atoms with Crippen LogP contribution in [-0.4, -0.2) is 28.6 Å². The number of ether oxygens (including phenoxy) is 1. The van der Waals surface area contributed by atoms with Crippen LogP contribution in [0.15, 0.2) is 36.7 Å². The van der Waals surface area contributed by atoms with Crippen LogP contribution >= 0.6 is 0 Å². The lowest BCUT2D eigenvalue weighted by molar-refractivity contribution is -0.141. The Balaban J connectivity index is 1.60. The smallest absolute Gasteiger partial charge is 0.433 e. The molecule has 8 nitrogen and oxygen atoms in total. The van der Waals surface area contributed by atoms with Crippen LogP contribution in [0.5, 0.6) is 11.6 Å². The van der Waals surface area contributed by atoms with Gasteiger partial charge in [0, 0.05) is 23.9 Å². The normalized spacial score (nSPS) is 15.9. The third kappa shape index (κ3) is 4.97. The Kier molecular flexibility index (Phi) is 5.83.